The molecule has 1 amide bonds. The Balaban J connectivity index is 2.56. The number of pyridine rings is 1. The van der Waals surface area contributed by atoms with Crippen LogP contribution in [0, 0.1) is 0 Å². The van der Waals surface area contributed by atoms with Crippen molar-refractivity contribution < 1.29 is 24.6 Å². The predicted octanol–water partition coefficient (Wildman–Crippen LogP) is 0.0120. The van der Waals surface area contributed by atoms with E-state index in [9.17, 15) is 14.4 Å². The minimum absolute atomic E-state index is 0.0479. The molecule has 1 aromatic heterocycles. The summed E-state index contributed by atoms with van der Waals surface area (Å²) in [5.41, 5.74) is 0.835. The molecule has 0 atom stereocenters. The van der Waals surface area contributed by atoms with Gasteiger partial charge >= 0.3 is 11.9 Å². The number of hydrogen-bond acceptors (Lipinski definition) is 4. The van der Waals surface area contributed by atoms with Gasteiger partial charge in [0.15, 0.2) is 0 Å². The summed E-state index contributed by atoms with van der Waals surface area (Å²) in [6.45, 7) is -1.23. The Morgan fingerprint density at radius 2 is 1.79 bits per heavy atom. The highest BCUT2D eigenvalue weighted by Gasteiger charge is 2.19. The summed E-state index contributed by atoms with van der Waals surface area (Å²) in [4.78, 5) is 37.6. The van der Waals surface area contributed by atoms with E-state index in [0.29, 0.717) is 6.42 Å². The Morgan fingerprint density at radius 3 is 2.26 bits per heavy atom. The summed E-state index contributed by atoms with van der Waals surface area (Å²) in [6.07, 6.45) is 3.65. The third-order valence-corrected chi connectivity index (χ3v) is 2.36. The smallest absolute Gasteiger partial charge is 0.323 e. The largest absolute Gasteiger partial charge is 0.480 e. The van der Waals surface area contributed by atoms with Crippen molar-refractivity contribution in [3.8, 4) is 0 Å². The Labute approximate surface area is 109 Å². The molecular weight excluding hydrogens is 252 g/mol. The van der Waals surface area contributed by atoms with Gasteiger partial charge in [-0.1, -0.05) is 6.07 Å². The maximum Gasteiger partial charge on any atom is 0.323 e. The molecule has 2 N–H and O–H groups in total. The van der Waals surface area contributed by atoms with Crippen molar-refractivity contribution in [3.63, 3.8) is 0 Å². The van der Waals surface area contributed by atoms with Crippen LogP contribution in [-0.2, 0) is 20.8 Å². The van der Waals surface area contributed by atoms with Crippen LogP contribution in [0.15, 0.2) is 24.5 Å². The topological polar surface area (TPSA) is 108 Å². The van der Waals surface area contributed by atoms with Gasteiger partial charge in [0.1, 0.15) is 13.1 Å². The zero-order valence-electron chi connectivity index (χ0n) is 10.2. The summed E-state index contributed by atoms with van der Waals surface area (Å²) >= 11 is 0. The SMILES string of the molecule is O=C(O)CN(CC(=O)O)C(=O)CCc1cccnc1. The van der Waals surface area contributed by atoms with Crippen LogP contribution >= 0.6 is 0 Å². The highest BCUT2D eigenvalue weighted by molar-refractivity contribution is 5.85. The number of carboxylic acids is 2. The third-order valence-electron chi connectivity index (χ3n) is 2.36. The fourth-order valence-corrected chi connectivity index (χ4v) is 1.51. The monoisotopic (exact) mass is 266 g/mol. The van der Waals surface area contributed by atoms with Crippen molar-refractivity contribution in [2.45, 2.75) is 12.8 Å². The predicted molar refractivity (Wildman–Crippen MR) is 64.4 cm³/mol. The molecular formula is C12H14N2O5. The minimum atomic E-state index is -1.24. The molecule has 0 unspecified atom stereocenters. The lowest BCUT2D eigenvalue weighted by atomic mass is 10.1. The molecule has 1 rings (SSSR count). The average molecular weight is 266 g/mol. The molecule has 102 valence electrons. The molecule has 0 fully saturated rings. The summed E-state index contributed by atoms with van der Waals surface area (Å²) in [6, 6.07) is 3.52. The van der Waals surface area contributed by atoms with Crippen molar-refractivity contribution in [2.24, 2.45) is 0 Å². The van der Waals surface area contributed by atoms with Gasteiger partial charge in [-0.15, -0.1) is 0 Å². The standard InChI is InChI=1S/C12H14N2O5/c15-10(4-3-9-2-1-5-13-6-9)14(7-11(16)17)8-12(18)19/h1-2,5-6H,3-4,7-8H2,(H,16,17)(H,18,19). The van der Waals surface area contributed by atoms with Crippen molar-refractivity contribution >= 4 is 17.8 Å². The second-order valence-corrected chi connectivity index (χ2v) is 3.90. The van der Waals surface area contributed by atoms with Gasteiger partial charge in [-0.05, 0) is 18.1 Å². The van der Waals surface area contributed by atoms with E-state index < -0.39 is 30.9 Å². The first-order valence-corrected chi connectivity index (χ1v) is 5.59. The second-order valence-electron chi connectivity index (χ2n) is 3.90. The van der Waals surface area contributed by atoms with Gasteiger partial charge in [0.05, 0.1) is 0 Å². The van der Waals surface area contributed by atoms with E-state index in [0.717, 1.165) is 10.5 Å². The van der Waals surface area contributed by atoms with Crippen LogP contribution in [0.4, 0.5) is 0 Å². The number of carboxylic acid groups (broad SMARTS) is 2. The van der Waals surface area contributed by atoms with E-state index in [4.69, 9.17) is 10.2 Å². The van der Waals surface area contributed by atoms with Gasteiger partial charge in [0.25, 0.3) is 0 Å². The van der Waals surface area contributed by atoms with E-state index in [1.165, 1.54) is 0 Å². The molecule has 0 radical (unpaired) electrons. The maximum atomic E-state index is 11.8. The van der Waals surface area contributed by atoms with Crippen LogP contribution in [0.1, 0.15) is 12.0 Å². The van der Waals surface area contributed by atoms with Gasteiger partial charge in [0, 0.05) is 18.8 Å². The van der Waals surface area contributed by atoms with Gasteiger partial charge in [-0.25, -0.2) is 0 Å². The molecule has 0 aliphatic rings. The van der Waals surface area contributed by atoms with Gasteiger partial charge in [-0.3, -0.25) is 19.4 Å². The van der Waals surface area contributed by atoms with Crippen LogP contribution < -0.4 is 0 Å². The lowest BCUT2D eigenvalue weighted by molar-refractivity contribution is -0.149. The molecule has 7 heteroatoms. The summed E-state index contributed by atoms with van der Waals surface area (Å²) in [5, 5.41) is 17.3. The van der Waals surface area contributed by atoms with Crippen molar-refractivity contribution in [3.05, 3.63) is 30.1 Å². The number of aliphatic carboxylic acids is 2. The van der Waals surface area contributed by atoms with Gasteiger partial charge < -0.3 is 15.1 Å². The number of carbonyl (C=O) groups excluding carboxylic acids is 1. The average Bonchev–Trinajstić information content (AvgIpc) is 2.35. The van der Waals surface area contributed by atoms with Crippen molar-refractivity contribution in [1.29, 1.82) is 0 Å². The molecule has 19 heavy (non-hydrogen) atoms. The van der Waals surface area contributed by atoms with E-state index in [1.54, 1.807) is 24.5 Å². The fraction of sp³-hybridized carbons (Fsp3) is 0.333. The summed E-state index contributed by atoms with van der Waals surface area (Å²) < 4.78 is 0. The number of aryl methyl sites for hydroxylation is 1. The Bertz CT molecular complexity index is 444. The van der Waals surface area contributed by atoms with Gasteiger partial charge in [-0.2, -0.15) is 0 Å². The molecule has 0 bridgehead atoms. The third kappa shape index (κ3) is 5.62. The van der Waals surface area contributed by atoms with Gasteiger partial charge in [0.2, 0.25) is 5.91 Å². The van der Waals surface area contributed by atoms with Crippen LogP contribution in [0.25, 0.3) is 0 Å². The second kappa shape index (κ2) is 7.10. The van der Waals surface area contributed by atoms with E-state index in [-0.39, 0.29) is 6.42 Å². The van der Waals surface area contributed by atoms with E-state index in [2.05, 4.69) is 4.98 Å². The Morgan fingerprint density at radius 1 is 1.16 bits per heavy atom. The van der Waals surface area contributed by atoms with Crippen LogP contribution in [-0.4, -0.2) is 51.0 Å². The molecule has 1 heterocycles. The molecule has 0 spiro atoms. The van der Waals surface area contributed by atoms with Crippen LogP contribution in [0.3, 0.4) is 0 Å². The fourth-order valence-electron chi connectivity index (χ4n) is 1.51. The minimum Gasteiger partial charge on any atom is -0.480 e. The number of carbonyl (C=O) groups is 3. The number of aromatic nitrogens is 1. The van der Waals surface area contributed by atoms with Crippen molar-refractivity contribution in [1.82, 2.24) is 9.88 Å². The quantitative estimate of drug-likeness (QED) is 0.719. The Hall–Kier alpha value is -2.44. The van der Waals surface area contributed by atoms with Crippen LogP contribution in [0.2, 0.25) is 0 Å². The molecule has 1 aromatic rings. The number of amides is 1. The zero-order chi connectivity index (χ0) is 14.3. The zero-order valence-corrected chi connectivity index (χ0v) is 10.2. The first-order valence-electron chi connectivity index (χ1n) is 5.59. The Kier molecular flexibility index (Phi) is 5.46. The first kappa shape index (κ1) is 14.6. The molecule has 0 aliphatic carbocycles. The maximum absolute atomic E-state index is 11.8. The lowest BCUT2D eigenvalue weighted by Gasteiger charge is -2.18. The number of rotatable bonds is 7. The molecule has 0 aliphatic heterocycles. The number of hydrogen-bond donors (Lipinski definition) is 2. The molecule has 0 saturated carbocycles. The van der Waals surface area contributed by atoms with Crippen molar-refractivity contribution in [2.75, 3.05) is 13.1 Å². The normalized spacial score (nSPS) is 9.89. The van der Waals surface area contributed by atoms with E-state index in [1.807, 2.05) is 0 Å². The first-order chi connectivity index (χ1) is 8.99. The highest BCUT2D eigenvalue weighted by atomic mass is 16.4. The molecule has 7 nitrogen and oxygen atoms in total. The lowest BCUT2D eigenvalue weighted by Crippen LogP contribution is -2.39. The molecule has 0 aromatic carbocycles. The van der Waals surface area contributed by atoms with E-state index >= 15 is 0 Å². The van der Waals surface area contributed by atoms with Crippen LogP contribution in [0.5, 0.6) is 0 Å². The summed E-state index contributed by atoms with van der Waals surface area (Å²) in [5.74, 6) is -2.99. The summed E-state index contributed by atoms with van der Waals surface area (Å²) in [7, 11) is 0. The highest BCUT2D eigenvalue weighted by Crippen LogP contribution is 2.03. The number of nitrogens with zero attached hydrogens (tertiary/aromatic N) is 2. The molecule has 0 saturated heterocycles.